The third-order valence-corrected chi connectivity index (χ3v) is 6.35. The Morgan fingerprint density at radius 2 is 1.91 bits per heavy atom. The lowest BCUT2D eigenvalue weighted by Gasteiger charge is -2.30. The largest absolute Gasteiger partial charge is 0.383 e. The predicted octanol–water partition coefficient (Wildman–Crippen LogP) is 1.25. The van der Waals surface area contributed by atoms with Crippen molar-refractivity contribution in [1.82, 2.24) is 20.0 Å². The fourth-order valence-electron chi connectivity index (χ4n) is 4.28. The summed E-state index contributed by atoms with van der Waals surface area (Å²) < 4.78 is 0. The Labute approximate surface area is 205 Å². The molecule has 0 aromatic heterocycles. The number of rotatable bonds is 9. The van der Waals surface area contributed by atoms with Crippen LogP contribution in [0.5, 0.6) is 0 Å². The lowest BCUT2D eigenvalue weighted by molar-refractivity contribution is -0.136. The number of anilines is 1. The molecular weight excluding hydrogens is 450 g/mol. The molecule has 35 heavy (non-hydrogen) atoms. The van der Waals surface area contributed by atoms with Gasteiger partial charge in [-0.3, -0.25) is 29.3 Å². The van der Waals surface area contributed by atoms with Crippen LogP contribution in [0.4, 0.5) is 5.69 Å². The number of amides is 4. The Hall–Kier alpha value is -3.69. The summed E-state index contributed by atoms with van der Waals surface area (Å²) >= 11 is 0. The summed E-state index contributed by atoms with van der Waals surface area (Å²) in [5.41, 5.74) is 0.855. The van der Waals surface area contributed by atoms with Crippen molar-refractivity contribution in [3.05, 3.63) is 41.6 Å². The van der Waals surface area contributed by atoms with Crippen LogP contribution in [0.15, 0.2) is 30.5 Å². The molecule has 4 amide bonds. The molecule has 2 heterocycles. The van der Waals surface area contributed by atoms with Crippen molar-refractivity contribution in [3.63, 3.8) is 0 Å². The van der Waals surface area contributed by atoms with Gasteiger partial charge in [0.2, 0.25) is 17.7 Å². The van der Waals surface area contributed by atoms with Crippen LogP contribution < -0.4 is 10.6 Å². The Morgan fingerprint density at radius 3 is 2.60 bits per heavy atom. The molecule has 0 spiro atoms. The first-order valence-corrected chi connectivity index (χ1v) is 11.9. The van der Waals surface area contributed by atoms with E-state index in [9.17, 15) is 24.0 Å². The van der Waals surface area contributed by atoms with Crippen molar-refractivity contribution in [2.24, 2.45) is 0 Å². The molecule has 2 saturated heterocycles. The average Bonchev–Trinajstić information content (AvgIpc) is 2.86. The summed E-state index contributed by atoms with van der Waals surface area (Å²) in [6.07, 6.45) is 7.54. The van der Waals surface area contributed by atoms with E-state index in [4.69, 9.17) is 0 Å². The van der Waals surface area contributed by atoms with Crippen molar-refractivity contribution in [3.8, 4) is 0 Å². The number of hydrogen-bond acceptors (Lipinski definition) is 7. The van der Waals surface area contributed by atoms with E-state index in [0.29, 0.717) is 25.1 Å². The zero-order valence-corrected chi connectivity index (χ0v) is 20.3. The van der Waals surface area contributed by atoms with Gasteiger partial charge in [0.15, 0.2) is 6.29 Å². The van der Waals surface area contributed by atoms with Crippen molar-refractivity contribution < 1.29 is 24.0 Å². The highest BCUT2D eigenvalue weighted by Crippen LogP contribution is 2.23. The van der Waals surface area contributed by atoms with E-state index in [1.165, 1.54) is 11.9 Å². The molecule has 10 nitrogen and oxygen atoms in total. The summed E-state index contributed by atoms with van der Waals surface area (Å²) in [4.78, 5) is 65.9. The molecule has 3 rings (SSSR count). The molecule has 2 aliphatic rings. The number of hydrogen-bond donors (Lipinski definition) is 2. The summed E-state index contributed by atoms with van der Waals surface area (Å²) in [6.45, 7) is 2.59. The van der Waals surface area contributed by atoms with Gasteiger partial charge in [-0.25, -0.2) is 0 Å². The summed E-state index contributed by atoms with van der Waals surface area (Å²) in [7, 11) is 3.35. The van der Waals surface area contributed by atoms with Crippen LogP contribution in [0.3, 0.4) is 0 Å². The van der Waals surface area contributed by atoms with E-state index in [2.05, 4.69) is 10.6 Å². The molecule has 188 valence electrons. The van der Waals surface area contributed by atoms with E-state index in [1.807, 2.05) is 16.8 Å². The van der Waals surface area contributed by atoms with Crippen molar-refractivity contribution >= 4 is 35.6 Å². The van der Waals surface area contributed by atoms with E-state index in [-0.39, 0.29) is 35.8 Å². The molecule has 1 aromatic carbocycles. The molecule has 2 N–H and O–H groups in total. The van der Waals surface area contributed by atoms with Crippen molar-refractivity contribution in [1.29, 1.82) is 0 Å². The van der Waals surface area contributed by atoms with E-state index in [0.717, 1.165) is 32.4 Å². The second-order valence-electron chi connectivity index (χ2n) is 8.88. The molecular formula is C25H33N5O5. The fourth-order valence-corrected chi connectivity index (χ4v) is 4.28. The highest BCUT2D eigenvalue weighted by Gasteiger charge is 2.34. The number of carbonyl (C=O) groups excluding carboxylic acids is 5. The van der Waals surface area contributed by atoms with Crippen molar-refractivity contribution in [2.45, 2.75) is 38.1 Å². The molecule has 1 atom stereocenters. The molecule has 2 fully saturated rings. The number of likely N-dealkylation sites (tertiary alicyclic amines) is 1. The number of piperidine rings is 2. The maximum atomic E-state index is 13.3. The summed E-state index contributed by atoms with van der Waals surface area (Å²) in [6, 6.07) is 4.14. The Kier molecular flexibility index (Phi) is 8.99. The Morgan fingerprint density at radius 1 is 1.17 bits per heavy atom. The first kappa shape index (κ1) is 25.9. The van der Waals surface area contributed by atoms with Gasteiger partial charge in [0, 0.05) is 70.2 Å². The highest BCUT2D eigenvalue weighted by molar-refractivity contribution is 6.08. The molecule has 0 aliphatic carbocycles. The van der Waals surface area contributed by atoms with Crippen LogP contribution in [0.2, 0.25) is 0 Å². The standard InChI is InChI=1S/C25H33N5O5/c1-28(15-11-22(33)30-13-4-3-5-14-30)16-12-26-19-8-6-7-18(17-31)23(19)25(35)29(2)20-9-10-21(32)27-24(20)34/h6-8,11,15,17,20,26H,3-5,9-10,12-14,16H2,1-2H3,(H,27,32,34)/b15-11+. The van der Waals surface area contributed by atoms with Gasteiger partial charge in [0.25, 0.3) is 5.91 Å². The zero-order chi connectivity index (χ0) is 25.4. The minimum Gasteiger partial charge on any atom is -0.383 e. The number of benzene rings is 1. The van der Waals surface area contributed by atoms with E-state index in [1.54, 1.807) is 30.5 Å². The molecule has 2 aliphatic heterocycles. The van der Waals surface area contributed by atoms with E-state index < -0.39 is 17.9 Å². The van der Waals surface area contributed by atoms with Crippen LogP contribution in [-0.4, -0.2) is 90.9 Å². The maximum Gasteiger partial charge on any atom is 0.257 e. The number of aldehydes is 1. The topological polar surface area (TPSA) is 119 Å². The Balaban J connectivity index is 1.62. The number of nitrogens with one attached hydrogen (secondary N) is 2. The fraction of sp³-hybridized carbons (Fsp3) is 0.480. The van der Waals surface area contributed by atoms with Crippen LogP contribution in [0, 0.1) is 0 Å². The maximum absolute atomic E-state index is 13.3. The first-order valence-electron chi connectivity index (χ1n) is 11.9. The van der Waals surface area contributed by atoms with Gasteiger partial charge < -0.3 is 20.0 Å². The van der Waals surface area contributed by atoms with Gasteiger partial charge in [0.1, 0.15) is 6.04 Å². The van der Waals surface area contributed by atoms with Gasteiger partial charge in [-0.1, -0.05) is 12.1 Å². The van der Waals surface area contributed by atoms with Crippen LogP contribution in [0.1, 0.15) is 52.8 Å². The lowest BCUT2D eigenvalue weighted by atomic mass is 10.0. The third-order valence-electron chi connectivity index (χ3n) is 6.35. The van der Waals surface area contributed by atoms with Gasteiger partial charge in [0.05, 0.1) is 5.56 Å². The van der Waals surface area contributed by atoms with Gasteiger partial charge in [-0.15, -0.1) is 0 Å². The van der Waals surface area contributed by atoms with E-state index >= 15 is 0 Å². The minimum absolute atomic E-state index is 0.00700. The minimum atomic E-state index is -0.790. The SMILES string of the molecule is CN(/C=C/C(=O)N1CCCCC1)CCNc1cccc(C=O)c1C(=O)N(C)C1CCC(=O)NC1=O. The third kappa shape index (κ3) is 6.68. The Bertz CT molecular complexity index is 1000. The number of likely N-dealkylation sites (N-methyl/N-ethyl adjacent to an activating group) is 2. The smallest absolute Gasteiger partial charge is 0.257 e. The van der Waals surface area contributed by atoms with Gasteiger partial charge >= 0.3 is 0 Å². The van der Waals surface area contributed by atoms with Crippen LogP contribution in [0.25, 0.3) is 0 Å². The number of carbonyl (C=O) groups is 5. The summed E-state index contributed by atoms with van der Waals surface area (Å²) in [5, 5.41) is 5.45. The number of imide groups is 1. The zero-order valence-electron chi connectivity index (χ0n) is 20.3. The number of nitrogens with zero attached hydrogens (tertiary/aromatic N) is 3. The van der Waals surface area contributed by atoms with Crippen molar-refractivity contribution in [2.75, 3.05) is 45.6 Å². The second-order valence-corrected chi connectivity index (χ2v) is 8.88. The quantitative estimate of drug-likeness (QED) is 0.308. The first-order chi connectivity index (χ1) is 16.8. The predicted molar refractivity (Wildman–Crippen MR) is 131 cm³/mol. The lowest BCUT2D eigenvalue weighted by Crippen LogP contribution is -2.53. The average molecular weight is 484 g/mol. The molecule has 1 unspecified atom stereocenters. The van der Waals surface area contributed by atoms with Gasteiger partial charge in [-0.2, -0.15) is 0 Å². The molecule has 0 saturated carbocycles. The molecule has 0 bridgehead atoms. The second kappa shape index (κ2) is 12.1. The normalized spacial score (nSPS) is 18.2. The van der Waals surface area contributed by atoms with Crippen LogP contribution in [-0.2, 0) is 14.4 Å². The van der Waals surface area contributed by atoms with Gasteiger partial charge in [-0.05, 0) is 31.7 Å². The molecule has 0 radical (unpaired) electrons. The highest BCUT2D eigenvalue weighted by atomic mass is 16.2. The monoisotopic (exact) mass is 483 g/mol. The van der Waals surface area contributed by atoms with Crippen LogP contribution >= 0.6 is 0 Å². The molecule has 10 heteroatoms. The summed E-state index contributed by atoms with van der Waals surface area (Å²) in [5.74, 6) is -1.36. The molecule has 1 aromatic rings.